The minimum Gasteiger partial charge on any atom is -0.355 e. The average molecular weight is 251 g/mol. The van der Waals surface area contributed by atoms with Gasteiger partial charge in [0.2, 0.25) is 5.96 Å². The lowest BCUT2D eigenvalue weighted by molar-refractivity contribution is 0.712. The fourth-order valence-electron chi connectivity index (χ4n) is 1.57. The molecule has 1 aliphatic heterocycles. The summed E-state index contributed by atoms with van der Waals surface area (Å²) in [4.78, 5) is 4.25. The maximum absolute atomic E-state index is 6.09. The average Bonchev–Trinajstić information content (AvgIpc) is 2.34. The zero-order chi connectivity index (χ0) is 12.1. The van der Waals surface area contributed by atoms with Crippen molar-refractivity contribution in [2.45, 2.75) is 13.3 Å². The van der Waals surface area contributed by atoms with Crippen molar-refractivity contribution in [2.75, 3.05) is 13.1 Å². The Morgan fingerprint density at radius 3 is 3.12 bits per heavy atom. The van der Waals surface area contributed by atoms with Crippen LogP contribution in [0.2, 0.25) is 5.02 Å². The van der Waals surface area contributed by atoms with Gasteiger partial charge in [-0.2, -0.15) is 5.10 Å². The van der Waals surface area contributed by atoms with Gasteiger partial charge >= 0.3 is 0 Å². The second-order valence-corrected chi connectivity index (χ2v) is 4.26. The summed E-state index contributed by atoms with van der Waals surface area (Å²) in [5, 5.41) is 7.96. The number of rotatable bonds is 2. The number of benzene rings is 1. The molecule has 1 aliphatic rings. The van der Waals surface area contributed by atoms with E-state index in [4.69, 9.17) is 11.6 Å². The molecule has 0 aromatic heterocycles. The van der Waals surface area contributed by atoms with Crippen LogP contribution in [0, 0.1) is 6.92 Å². The summed E-state index contributed by atoms with van der Waals surface area (Å²) >= 11 is 6.09. The highest BCUT2D eigenvalue weighted by Gasteiger charge is 2.02. The normalized spacial score (nSPS) is 15.5. The zero-order valence-corrected chi connectivity index (χ0v) is 10.5. The number of aliphatic imine (C=N–C) groups is 1. The molecule has 0 bridgehead atoms. The third-order valence-electron chi connectivity index (χ3n) is 2.53. The Balaban J connectivity index is 2.03. The summed E-state index contributed by atoms with van der Waals surface area (Å²) in [5.74, 6) is 0.720. The van der Waals surface area contributed by atoms with Crippen LogP contribution in [0.25, 0.3) is 0 Å². The molecule has 17 heavy (non-hydrogen) atoms. The van der Waals surface area contributed by atoms with E-state index in [1.807, 2.05) is 25.1 Å². The largest absolute Gasteiger partial charge is 0.355 e. The van der Waals surface area contributed by atoms with E-state index in [0.29, 0.717) is 5.02 Å². The first-order valence-electron chi connectivity index (χ1n) is 5.60. The molecule has 4 nitrogen and oxygen atoms in total. The highest BCUT2D eigenvalue weighted by Crippen LogP contribution is 2.16. The van der Waals surface area contributed by atoms with Gasteiger partial charge in [-0.3, -0.25) is 4.99 Å². The SMILES string of the molecule is Cc1cccc(Cl)c1C=NNC1=NCCCN1. The molecule has 2 rings (SSSR count). The summed E-state index contributed by atoms with van der Waals surface area (Å²) in [6.45, 7) is 3.78. The number of nitrogens with zero attached hydrogens (tertiary/aromatic N) is 2. The van der Waals surface area contributed by atoms with Crippen molar-refractivity contribution in [3.05, 3.63) is 34.3 Å². The minimum absolute atomic E-state index is 0.703. The van der Waals surface area contributed by atoms with Gasteiger partial charge in [-0.15, -0.1) is 0 Å². The van der Waals surface area contributed by atoms with Crippen LogP contribution in [0.4, 0.5) is 0 Å². The molecule has 0 fully saturated rings. The molecule has 1 aromatic carbocycles. The van der Waals surface area contributed by atoms with Crippen LogP contribution in [-0.4, -0.2) is 25.3 Å². The smallest absolute Gasteiger partial charge is 0.212 e. The molecule has 0 aliphatic carbocycles. The van der Waals surface area contributed by atoms with E-state index in [1.165, 1.54) is 0 Å². The Labute approximate surface area is 106 Å². The van der Waals surface area contributed by atoms with Crippen molar-refractivity contribution >= 4 is 23.8 Å². The predicted octanol–water partition coefficient (Wildman–Crippen LogP) is 1.92. The van der Waals surface area contributed by atoms with Crippen LogP contribution < -0.4 is 10.7 Å². The lowest BCUT2D eigenvalue weighted by atomic mass is 10.1. The number of hydrogen-bond acceptors (Lipinski definition) is 4. The van der Waals surface area contributed by atoms with Gasteiger partial charge in [0.15, 0.2) is 0 Å². The first-order valence-corrected chi connectivity index (χ1v) is 5.97. The van der Waals surface area contributed by atoms with Crippen molar-refractivity contribution in [1.82, 2.24) is 10.7 Å². The number of halogens is 1. The predicted molar refractivity (Wildman–Crippen MR) is 71.8 cm³/mol. The van der Waals surface area contributed by atoms with Gasteiger partial charge < -0.3 is 5.32 Å². The molecule has 0 atom stereocenters. The van der Waals surface area contributed by atoms with Gasteiger partial charge in [-0.25, -0.2) is 5.43 Å². The highest BCUT2D eigenvalue weighted by atomic mass is 35.5. The van der Waals surface area contributed by atoms with Gasteiger partial charge in [-0.05, 0) is 25.0 Å². The standard InChI is InChI=1S/C12H15ClN4/c1-9-4-2-5-11(13)10(9)8-16-17-12-14-6-3-7-15-12/h2,4-5,8H,3,6-7H2,1H3,(H2,14,15,17). The molecular formula is C12H15ClN4. The van der Waals surface area contributed by atoms with Crippen LogP contribution in [-0.2, 0) is 0 Å². The molecule has 0 spiro atoms. The second-order valence-electron chi connectivity index (χ2n) is 3.85. The van der Waals surface area contributed by atoms with Gasteiger partial charge in [0.25, 0.3) is 0 Å². The number of hydrazone groups is 1. The molecule has 2 N–H and O–H groups in total. The van der Waals surface area contributed by atoms with Crippen LogP contribution in [0.5, 0.6) is 0 Å². The van der Waals surface area contributed by atoms with E-state index in [9.17, 15) is 0 Å². The van der Waals surface area contributed by atoms with E-state index in [1.54, 1.807) is 6.21 Å². The molecule has 90 valence electrons. The van der Waals surface area contributed by atoms with Crippen molar-refractivity contribution in [3.8, 4) is 0 Å². The van der Waals surface area contributed by atoms with E-state index < -0.39 is 0 Å². The van der Waals surface area contributed by atoms with Crippen molar-refractivity contribution in [2.24, 2.45) is 10.1 Å². The van der Waals surface area contributed by atoms with E-state index in [2.05, 4.69) is 20.8 Å². The lowest BCUT2D eigenvalue weighted by Crippen LogP contribution is -2.38. The lowest BCUT2D eigenvalue weighted by Gasteiger charge is -2.12. The topological polar surface area (TPSA) is 48.8 Å². The maximum atomic E-state index is 6.09. The van der Waals surface area contributed by atoms with Crippen LogP contribution >= 0.6 is 11.6 Å². The molecule has 5 heteroatoms. The van der Waals surface area contributed by atoms with Gasteiger partial charge in [-0.1, -0.05) is 23.7 Å². The number of aryl methyl sites for hydroxylation is 1. The fraction of sp³-hybridized carbons (Fsp3) is 0.333. The zero-order valence-electron chi connectivity index (χ0n) is 9.70. The van der Waals surface area contributed by atoms with Crippen molar-refractivity contribution < 1.29 is 0 Å². The Bertz CT molecular complexity index is 434. The summed E-state index contributed by atoms with van der Waals surface area (Å²) in [6, 6.07) is 5.78. The van der Waals surface area contributed by atoms with Gasteiger partial charge in [0, 0.05) is 23.7 Å². The Kier molecular flexibility index (Phi) is 3.98. The van der Waals surface area contributed by atoms with Crippen molar-refractivity contribution in [3.63, 3.8) is 0 Å². The molecule has 0 amide bonds. The Morgan fingerprint density at radius 2 is 2.41 bits per heavy atom. The summed E-state index contributed by atoms with van der Waals surface area (Å²) in [6.07, 6.45) is 2.79. The Morgan fingerprint density at radius 1 is 1.53 bits per heavy atom. The summed E-state index contributed by atoms with van der Waals surface area (Å²) < 4.78 is 0. The quantitative estimate of drug-likeness (QED) is 0.622. The number of guanidine groups is 1. The molecule has 0 saturated carbocycles. The number of hydrogen-bond donors (Lipinski definition) is 2. The van der Waals surface area contributed by atoms with Crippen LogP contribution in [0.15, 0.2) is 28.3 Å². The molecule has 0 radical (unpaired) electrons. The number of nitrogens with one attached hydrogen (secondary N) is 2. The first-order chi connectivity index (χ1) is 8.27. The van der Waals surface area contributed by atoms with Gasteiger partial charge in [0.05, 0.1) is 6.21 Å². The third-order valence-corrected chi connectivity index (χ3v) is 2.86. The maximum Gasteiger partial charge on any atom is 0.212 e. The monoisotopic (exact) mass is 250 g/mol. The molecular weight excluding hydrogens is 236 g/mol. The van der Waals surface area contributed by atoms with E-state index in [0.717, 1.165) is 36.6 Å². The highest BCUT2D eigenvalue weighted by molar-refractivity contribution is 6.33. The van der Waals surface area contributed by atoms with Crippen LogP contribution in [0.1, 0.15) is 17.5 Å². The second kappa shape index (κ2) is 5.68. The summed E-state index contributed by atoms with van der Waals surface area (Å²) in [7, 11) is 0. The molecule has 0 saturated heterocycles. The molecule has 1 heterocycles. The van der Waals surface area contributed by atoms with E-state index in [-0.39, 0.29) is 0 Å². The first kappa shape index (κ1) is 11.9. The van der Waals surface area contributed by atoms with E-state index >= 15 is 0 Å². The molecule has 1 aromatic rings. The van der Waals surface area contributed by atoms with Gasteiger partial charge in [0.1, 0.15) is 0 Å². The molecule has 0 unspecified atom stereocenters. The fourth-order valence-corrected chi connectivity index (χ4v) is 1.84. The summed E-state index contributed by atoms with van der Waals surface area (Å²) in [5.41, 5.74) is 4.90. The third kappa shape index (κ3) is 3.20. The van der Waals surface area contributed by atoms with Crippen LogP contribution in [0.3, 0.4) is 0 Å². The minimum atomic E-state index is 0.703. The van der Waals surface area contributed by atoms with Crippen molar-refractivity contribution in [1.29, 1.82) is 0 Å². The Hall–Kier alpha value is -1.55.